The molecular formula is C20H26N4OS. The Bertz CT molecular complexity index is 685. The van der Waals surface area contributed by atoms with Gasteiger partial charge < -0.3 is 10.2 Å². The van der Waals surface area contributed by atoms with E-state index in [1.807, 2.05) is 30.3 Å². The molecule has 0 atom stereocenters. The van der Waals surface area contributed by atoms with Crippen molar-refractivity contribution in [3.05, 3.63) is 42.5 Å². The first-order valence-corrected chi connectivity index (χ1v) is 10.2. The SMILES string of the molecule is CCCCNC(=O)C1CCN(c2ccc(Sc3ccccc3)nn2)CC1. The highest BCUT2D eigenvalue weighted by Gasteiger charge is 2.25. The molecule has 1 aliphatic rings. The molecular weight excluding hydrogens is 344 g/mol. The summed E-state index contributed by atoms with van der Waals surface area (Å²) >= 11 is 1.61. The van der Waals surface area contributed by atoms with E-state index in [4.69, 9.17) is 0 Å². The number of benzene rings is 1. The van der Waals surface area contributed by atoms with Crippen LogP contribution in [-0.4, -0.2) is 35.7 Å². The third-order valence-corrected chi connectivity index (χ3v) is 5.55. The fourth-order valence-corrected chi connectivity index (χ4v) is 3.80. The highest BCUT2D eigenvalue weighted by atomic mass is 32.2. The monoisotopic (exact) mass is 370 g/mol. The topological polar surface area (TPSA) is 58.1 Å². The molecule has 0 saturated carbocycles. The summed E-state index contributed by atoms with van der Waals surface area (Å²) in [5, 5.41) is 12.7. The average Bonchev–Trinajstić information content (AvgIpc) is 2.70. The zero-order chi connectivity index (χ0) is 18.2. The number of carbonyl (C=O) groups excluding carboxylic acids is 1. The van der Waals surface area contributed by atoms with E-state index in [9.17, 15) is 4.79 Å². The highest BCUT2D eigenvalue weighted by Crippen LogP contribution is 2.27. The Morgan fingerprint density at radius 1 is 1.15 bits per heavy atom. The Labute approximate surface area is 159 Å². The van der Waals surface area contributed by atoms with Gasteiger partial charge in [0.25, 0.3) is 0 Å². The van der Waals surface area contributed by atoms with Crippen LogP contribution in [0.15, 0.2) is 52.4 Å². The van der Waals surface area contributed by atoms with Gasteiger partial charge in [0.15, 0.2) is 5.82 Å². The van der Waals surface area contributed by atoms with Crippen LogP contribution in [0.2, 0.25) is 0 Å². The fraction of sp³-hybridized carbons (Fsp3) is 0.450. The van der Waals surface area contributed by atoms with E-state index < -0.39 is 0 Å². The molecule has 1 N–H and O–H groups in total. The van der Waals surface area contributed by atoms with Gasteiger partial charge in [-0.1, -0.05) is 43.3 Å². The predicted molar refractivity (Wildman–Crippen MR) is 105 cm³/mol. The second-order valence-corrected chi connectivity index (χ2v) is 7.64. The molecule has 0 radical (unpaired) electrons. The van der Waals surface area contributed by atoms with Crippen molar-refractivity contribution in [3.63, 3.8) is 0 Å². The number of nitrogens with one attached hydrogen (secondary N) is 1. The quantitative estimate of drug-likeness (QED) is 0.752. The zero-order valence-electron chi connectivity index (χ0n) is 15.2. The third-order valence-electron chi connectivity index (χ3n) is 4.61. The van der Waals surface area contributed by atoms with Crippen LogP contribution in [-0.2, 0) is 4.79 Å². The van der Waals surface area contributed by atoms with Crippen LogP contribution in [0.4, 0.5) is 5.82 Å². The Morgan fingerprint density at radius 2 is 1.92 bits per heavy atom. The number of unbranched alkanes of at least 4 members (excludes halogenated alkanes) is 1. The summed E-state index contributed by atoms with van der Waals surface area (Å²) in [5.41, 5.74) is 0. The van der Waals surface area contributed by atoms with Gasteiger partial charge in [0.1, 0.15) is 5.03 Å². The van der Waals surface area contributed by atoms with Crippen LogP contribution in [0, 0.1) is 5.92 Å². The normalized spacial score (nSPS) is 15.0. The molecule has 1 aliphatic heterocycles. The second-order valence-electron chi connectivity index (χ2n) is 6.55. The first kappa shape index (κ1) is 18.7. The molecule has 2 heterocycles. The van der Waals surface area contributed by atoms with Crippen LogP contribution in [0.3, 0.4) is 0 Å². The minimum Gasteiger partial charge on any atom is -0.356 e. The molecule has 1 amide bonds. The van der Waals surface area contributed by atoms with Gasteiger partial charge >= 0.3 is 0 Å². The van der Waals surface area contributed by atoms with E-state index >= 15 is 0 Å². The molecule has 2 aromatic rings. The Balaban J connectivity index is 1.49. The van der Waals surface area contributed by atoms with E-state index in [1.165, 1.54) is 0 Å². The van der Waals surface area contributed by atoms with Crippen molar-refractivity contribution in [2.75, 3.05) is 24.5 Å². The number of aromatic nitrogens is 2. The van der Waals surface area contributed by atoms with Crippen LogP contribution in [0.25, 0.3) is 0 Å². The summed E-state index contributed by atoms with van der Waals surface area (Å²) in [6.07, 6.45) is 3.91. The fourth-order valence-electron chi connectivity index (χ4n) is 3.05. The molecule has 1 fully saturated rings. The molecule has 0 spiro atoms. The molecule has 3 rings (SSSR count). The molecule has 0 aliphatic carbocycles. The van der Waals surface area contributed by atoms with Crippen molar-refractivity contribution in [1.82, 2.24) is 15.5 Å². The van der Waals surface area contributed by atoms with Crippen molar-refractivity contribution in [1.29, 1.82) is 0 Å². The van der Waals surface area contributed by atoms with E-state index in [2.05, 4.69) is 39.5 Å². The minimum atomic E-state index is 0.129. The van der Waals surface area contributed by atoms with Gasteiger partial charge in [0.05, 0.1) is 0 Å². The molecule has 1 aromatic heterocycles. The van der Waals surface area contributed by atoms with E-state index in [-0.39, 0.29) is 11.8 Å². The summed E-state index contributed by atoms with van der Waals surface area (Å²) in [6.45, 7) is 4.63. The number of hydrogen-bond donors (Lipinski definition) is 1. The first-order valence-electron chi connectivity index (χ1n) is 9.35. The lowest BCUT2D eigenvalue weighted by Crippen LogP contribution is -2.41. The molecule has 0 unspecified atom stereocenters. The van der Waals surface area contributed by atoms with Gasteiger partial charge in [0, 0.05) is 30.4 Å². The summed E-state index contributed by atoms with van der Waals surface area (Å²) in [4.78, 5) is 15.6. The number of anilines is 1. The lowest BCUT2D eigenvalue weighted by molar-refractivity contribution is -0.125. The van der Waals surface area contributed by atoms with E-state index in [0.29, 0.717) is 0 Å². The minimum absolute atomic E-state index is 0.129. The van der Waals surface area contributed by atoms with Crippen LogP contribution >= 0.6 is 11.8 Å². The predicted octanol–water partition coefficient (Wildman–Crippen LogP) is 3.76. The van der Waals surface area contributed by atoms with Crippen molar-refractivity contribution >= 4 is 23.5 Å². The largest absolute Gasteiger partial charge is 0.356 e. The third kappa shape index (κ3) is 5.21. The van der Waals surface area contributed by atoms with Crippen molar-refractivity contribution in [2.24, 2.45) is 5.92 Å². The standard InChI is InChI=1S/C20H26N4OS/c1-2-3-13-21-20(25)16-11-14-24(15-12-16)18-9-10-19(23-22-18)26-17-7-5-4-6-8-17/h4-10,16H,2-3,11-15H2,1H3,(H,21,25). The zero-order valence-corrected chi connectivity index (χ0v) is 16.0. The highest BCUT2D eigenvalue weighted by molar-refractivity contribution is 7.99. The average molecular weight is 371 g/mol. The summed E-state index contributed by atoms with van der Waals surface area (Å²) in [6, 6.07) is 14.2. The number of nitrogens with zero attached hydrogens (tertiary/aromatic N) is 3. The van der Waals surface area contributed by atoms with Crippen molar-refractivity contribution in [2.45, 2.75) is 42.5 Å². The van der Waals surface area contributed by atoms with Gasteiger partial charge in [-0.05, 0) is 43.5 Å². The van der Waals surface area contributed by atoms with Crippen LogP contribution in [0.1, 0.15) is 32.6 Å². The molecule has 1 saturated heterocycles. The van der Waals surface area contributed by atoms with Gasteiger partial charge in [-0.3, -0.25) is 4.79 Å². The summed E-state index contributed by atoms with van der Waals surface area (Å²) in [7, 11) is 0. The Hall–Kier alpha value is -2.08. The number of amides is 1. The number of carbonyl (C=O) groups is 1. The molecule has 26 heavy (non-hydrogen) atoms. The maximum absolute atomic E-state index is 12.2. The molecule has 6 heteroatoms. The van der Waals surface area contributed by atoms with Crippen LogP contribution < -0.4 is 10.2 Å². The lowest BCUT2D eigenvalue weighted by atomic mass is 9.96. The van der Waals surface area contributed by atoms with E-state index in [0.717, 1.165) is 61.1 Å². The van der Waals surface area contributed by atoms with Crippen molar-refractivity contribution in [3.8, 4) is 0 Å². The van der Waals surface area contributed by atoms with E-state index in [1.54, 1.807) is 11.8 Å². The lowest BCUT2D eigenvalue weighted by Gasteiger charge is -2.31. The van der Waals surface area contributed by atoms with Crippen LogP contribution in [0.5, 0.6) is 0 Å². The summed E-state index contributed by atoms with van der Waals surface area (Å²) in [5.74, 6) is 1.23. The van der Waals surface area contributed by atoms with Gasteiger partial charge in [-0.25, -0.2) is 0 Å². The molecule has 138 valence electrons. The van der Waals surface area contributed by atoms with Crippen molar-refractivity contribution < 1.29 is 4.79 Å². The van der Waals surface area contributed by atoms with Gasteiger partial charge in [0.2, 0.25) is 5.91 Å². The number of rotatable bonds is 7. The first-order chi connectivity index (χ1) is 12.8. The Morgan fingerprint density at radius 3 is 2.58 bits per heavy atom. The molecule has 1 aromatic carbocycles. The number of hydrogen-bond acceptors (Lipinski definition) is 5. The Kier molecular flexibility index (Phi) is 6.89. The van der Waals surface area contributed by atoms with Gasteiger partial charge in [-0.15, -0.1) is 10.2 Å². The second kappa shape index (κ2) is 9.57. The number of piperidine rings is 1. The molecule has 0 bridgehead atoms. The smallest absolute Gasteiger partial charge is 0.223 e. The summed E-state index contributed by atoms with van der Waals surface area (Å²) < 4.78 is 0. The maximum atomic E-state index is 12.2. The molecule has 5 nitrogen and oxygen atoms in total. The maximum Gasteiger partial charge on any atom is 0.223 e. The van der Waals surface area contributed by atoms with Gasteiger partial charge in [-0.2, -0.15) is 0 Å².